The second-order valence-electron chi connectivity index (χ2n) is 5.64. The van der Waals surface area contributed by atoms with Gasteiger partial charge in [0.15, 0.2) is 5.17 Å². The van der Waals surface area contributed by atoms with E-state index in [2.05, 4.69) is 11.6 Å². The number of anilines is 1. The summed E-state index contributed by atoms with van der Waals surface area (Å²) in [5.74, 6) is 0.822. The Labute approximate surface area is 162 Å². The standard InChI is InChI=1S/C21H19FN2O2S/c1-3-13-27-21-23-19(14-15-5-7-16(22)8-6-15)20(25)24(21)17-9-11-18(12-10-17)26-4-2/h3,5-12,14H,1,4,13H2,2H3/b19-14-. The molecule has 0 aromatic heterocycles. The normalized spacial score (nSPS) is 15.2. The molecule has 0 fully saturated rings. The van der Waals surface area contributed by atoms with Crippen molar-refractivity contribution < 1.29 is 13.9 Å². The molecule has 3 rings (SSSR count). The summed E-state index contributed by atoms with van der Waals surface area (Å²) in [5.41, 5.74) is 1.73. The largest absolute Gasteiger partial charge is 0.494 e. The second kappa shape index (κ2) is 8.68. The van der Waals surface area contributed by atoms with Crippen LogP contribution in [0.3, 0.4) is 0 Å². The third-order valence-corrected chi connectivity index (χ3v) is 4.67. The van der Waals surface area contributed by atoms with E-state index < -0.39 is 0 Å². The third kappa shape index (κ3) is 4.46. The van der Waals surface area contributed by atoms with E-state index in [-0.39, 0.29) is 11.7 Å². The summed E-state index contributed by atoms with van der Waals surface area (Å²) in [5, 5.41) is 0.581. The molecule has 6 heteroatoms. The number of amides is 1. The third-order valence-electron chi connectivity index (χ3n) is 3.74. The number of carbonyl (C=O) groups is 1. The van der Waals surface area contributed by atoms with Gasteiger partial charge in [-0.1, -0.05) is 30.0 Å². The van der Waals surface area contributed by atoms with Crippen molar-refractivity contribution >= 4 is 34.6 Å². The molecule has 0 aliphatic carbocycles. The van der Waals surface area contributed by atoms with E-state index in [0.717, 1.165) is 5.75 Å². The summed E-state index contributed by atoms with van der Waals surface area (Å²) in [6.07, 6.45) is 3.42. The van der Waals surface area contributed by atoms with E-state index in [1.54, 1.807) is 29.2 Å². The Morgan fingerprint density at radius 2 is 1.89 bits per heavy atom. The highest BCUT2D eigenvalue weighted by molar-refractivity contribution is 8.14. The van der Waals surface area contributed by atoms with Crippen LogP contribution in [0.1, 0.15) is 12.5 Å². The van der Waals surface area contributed by atoms with Gasteiger partial charge in [-0.3, -0.25) is 9.69 Å². The minimum absolute atomic E-state index is 0.227. The van der Waals surface area contributed by atoms with Gasteiger partial charge in [-0.2, -0.15) is 0 Å². The Hall–Kier alpha value is -2.86. The molecule has 2 aromatic rings. The molecule has 0 saturated carbocycles. The number of benzene rings is 2. The second-order valence-corrected chi connectivity index (χ2v) is 6.63. The Balaban J connectivity index is 1.92. The summed E-state index contributed by atoms with van der Waals surface area (Å²) in [7, 11) is 0. The van der Waals surface area contributed by atoms with Gasteiger partial charge in [-0.05, 0) is 55.0 Å². The molecule has 0 saturated heterocycles. The van der Waals surface area contributed by atoms with Crippen molar-refractivity contribution in [1.82, 2.24) is 0 Å². The maximum absolute atomic E-state index is 13.1. The van der Waals surface area contributed by atoms with E-state index in [0.29, 0.717) is 34.5 Å². The molecule has 1 aliphatic heterocycles. The predicted octanol–water partition coefficient (Wildman–Crippen LogP) is 4.89. The van der Waals surface area contributed by atoms with Gasteiger partial charge in [0, 0.05) is 5.75 Å². The molecule has 0 unspecified atom stereocenters. The lowest BCUT2D eigenvalue weighted by Gasteiger charge is -2.17. The smallest absolute Gasteiger partial charge is 0.283 e. The van der Waals surface area contributed by atoms with Gasteiger partial charge >= 0.3 is 0 Å². The van der Waals surface area contributed by atoms with Crippen molar-refractivity contribution in [3.8, 4) is 5.75 Å². The summed E-state index contributed by atoms with van der Waals surface area (Å²) in [4.78, 5) is 19.0. The lowest BCUT2D eigenvalue weighted by atomic mass is 10.2. The van der Waals surface area contributed by atoms with Crippen LogP contribution in [0.25, 0.3) is 6.08 Å². The zero-order valence-electron chi connectivity index (χ0n) is 14.9. The van der Waals surface area contributed by atoms with Gasteiger partial charge in [-0.25, -0.2) is 9.38 Å². The highest BCUT2D eigenvalue weighted by Crippen LogP contribution is 2.30. The topological polar surface area (TPSA) is 41.9 Å². The van der Waals surface area contributed by atoms with E-state index >= 15 is 0 Å². The van der Waals surface area contributed by atoms with Gasteiger partial charge in [-0.15, -0.1) is 6.58 Å². The predicted molar refractivity (Wildman–Crippen MR) is 110 cm³/mol. The molecule has 4 nitrogen and oxygen atoms in total. The van der Waals surface area contributed by atoms with Crippen molar-refractivity contribution in [2.24, 2.45) is 4.99 Å². The van der Waals surface area contributed by atoms with Gasteiger partial charge < -0.3 is 4.74 Å². The monoisotopic (exact) mass is 382 g/mol. The number of thioether (sulfide) groups is 1. The highest BCUT2D eigenvalue weighted by atomic mass is 32.2. The van der Waals surface area contributed by atoms with Crippen molar-refractivity contribution in [3.05, 3.63) is 78.3 Å². The maximum Gasteiger partial charge on any atom is 0.283 e. The van der Waals surface area contributed by atoms with Crippen molar-refractivity contribution in [2.75, 3.05) is 17.3 Å². The molecular formula is C21H19FN2O2S. The zero-order chi connectivity index (χ0) is 19.2. The van der Waals surface area contributed by atoms with Crippen molar-refractivity contribution in [2.45, 2.75) is 6.92 Å². The van der Waals surface area contributed by atoms with Crippen LogP contribution in [0, 0.1) is 5.82 Å². The number of rotatable bonds is 6. The van der Waals surface area contributed by atoms with Gasteiger partial charge in [0.2, 0.25) is 0 Å². The average Bonchev–Trinajstić information content (AvgIpc) is 2.98. The number of hydrogen-bond donors (Lipinski definition) is 0. The summed E-state index contributed by atoms with van der Waals surface area (Å²) in [6.45, 7) is 6.22. The minimum Gasteiger partial charge on any atom is -0.494 e. The number of nitrogens with zero attached hydrogens (tertiary/aromatic N) is 2. The van der Waals surface area contributed by atoms with Crippen LogP contribution in [0.5, 0.6) is 5.75 Å². The van der Waals surface area contributed by atoms with E-state index in [9.17, 15) is 9.18 Å². The fourth-order valence-corrected chi connectivity index (χ4v) is 3.28. The van der Waals surface area contributed by atoms with Crippen LogP contribution in [0.2, 0.25) is 0 Å². The highest BCUT2D eigenvalue weighted by Gasteiger charge is 2.31. The van der Waals surface area contributed by atoms with Gasteiger partial charge in [0.1, 0.15) is 17.3 Å². The first-order valence-electron chi connectivity index (χ1n) is 8.49. The number of ether oxygens (including phenoxy) is 1. The number of halogens is 1. The Morgan fingerprint density at radius 1 is 1.19 bits per heavy atom. The Bertz CT molecular complexity index is 889. The molecule has 0 radical (unpaired) electrons. The molecule has 1 amide bonds. The van der Waals surface area contributed by atoms with E-state index in [1.165, 1.54) is 23.9 Å². The number of hydrogen-bond acceptors (Lipinski definition) is 4. The van der Waals surface area contributed by atoms with Crippen LogP contribution in [0.4, 0.5) is 10.1 Å². The SMILES string of the molecule is C=CCSC1=N/C(=C\c2ccc(F)cc2)C(=O)N1c1ccc(OCC)cc1. The molecule has 2 aromatic carbocycles. The molecule has 138 valence electrons. The lowest BCUT2D eigenvalue weighted by Crippen LogP contribution is -2.30. The average molecular weight is 382 g/mol. The van der Waals surface area contributed by atoms with Gasteiger partial charge in [0.05, 0.1) is 12.3 Å². The molecule has 0 bridgehead atoms. The van der Waals surface area contributed by atoms with Crippen LogP contribution in [0.15, 0.2) is 71.9 Å². The molecule has 0 spiro atoms. The quantitative estimate of drug-likeness (QED) is 0.528. The van der Waals surface area contributed by atoms with Crippen LogP contribution in [-0.2, 0) is 4.79 Å². The molecule has 27 heavy (non-hydrogen) atoms. The molecular weight excluding hydrogens is 363 g/mol. The van der Waals surface area contributed by atoms with Crippen molar-refractivity contribution in [3.63, 3.8) is 0 Å². The molecule has 1 heterocycles. The lowest BCUT2D eigenvalue weighted by molar-refractivity contribution is -0.113. The fraction of sp³-hybridized carbons (Fsp3) is 0.143. The van der Waals surface area contributed by atoms with Crippen molar-refractivity contribution in [1.29, 1.82) is 0 Å². The molecule has 0 N–H and O–H groups in total. The fourth-order valence-electron chi connectivity index (χ4n) is 2.53. The number of carbonyl (C=O) groups excluding carboxylic acids is 1. The number of aliphatic imine (C=N–C) groups is 1. The Morgan fingerprint density at radius 3 is 2.52 bits per heavy atom. The Kier molecular flexibility index (Phi) is 6.08. The van der Waals surface area contributed by atoms with Crippen LogP contribution in [-0.4, -0.2) is 23.4 Å². The van der Waals surface area contributed by atoms with Gasteiger partial charge in [0.25, 0.3) is 5.91 Å². The number of amidine groups is 1. The summed E-state index contributed by atoms with van der Waals surface area (Å²) >= 11 is 1.43. The molecule has 0 atom stereocenters. The van der Waals surface area contributed by atoms with E-state index in [1.807, 2.05) is 31.2 Å². The van der Waals surface area contributed by atoms with Crippen LogP contribution < -0.4 is 9.64 Å². The first kappa shape index (κ1) is 18.9. The van der Waals surface area contributed by atoms with Crippen LogP contribution >= 0.6 is 11.8 Å². The molecule has 1 aliphatic rings. The first-order chi connectivity index (χ1) is 13.1. The summed E-state index contributed by atoms with van der Waals surface area (Å²) < 4.78 is 18.6. The maximum atomic E-state index is 13.1. The zero-order valence-corrected chi connectivity index (χ0v) is 15.7. The summed E-state index contributed by atoms with van der Waals surface area (Å²) in [6, 6.07) is 13.2. The minimum atomic E-state index is -0.323. The first-order valence-corrected chi connectivity index (χ1v) is 9.48. The van der Waals surface area contributed by atoms with E-state index in [4.69, 9.17) is 4.74 Å².